The van der Waals surface area contributed by atoms with Gasteiger partial charge in [-0.2, -0.15) is 0 Å². The summed E-state index contributed by atoms with van der Waals surface area (Å²) >= 11 is 5.41. The molecule has 0 radical (unpaired) electrons. The molecule has 140 valence electrons. The Kier molecular flexibility index (Phi) is 6.49. The highest BCUT2D eigenvalue weighted by atomic mass is 32.1. The number of hydrogen-bond donors (Lipinski definition) is 2. The second-order valence-corrected chi connectivity index (χ2v) is 6.60. The van der Waals surface area contributed by atoms with Crippen molar-refractivity contribution in [3.8, 4) is 11.5 Å². The predicted octanol–water partition coefficient (Wildman–Crippen LogP) is 4.06. The maximum atomic E-state index is 5.41. The van der Waals surface area contributed by atoms with Crippen LogP contribution in [0, 0.1) is 0 Å². The summed E-state index contributed by atoms with van der Waals surface area (Å²) in [4.78, 5) is 0. The third-order valence-electron chi connectivity index (χ3n) is 4.47. The zero-order valence-corrected chi connectivity index (χ0v) is 16.4. The van der Waals surface area contributed by atoms with Gasteiger partial charge in [0.2, 0.25) is 0 Å². The summed E-state index contributed by atoms with van der Waals surface area (Å²) in [5, 5.41) is 9.70. The lowest BCUT2D eigenvalue weighted by molar-refractivity contribution is 0.354. The van der Waals surface area contributed by atoms with E-state index in [-0.39, 0.29) is 0 Å². The van der Waals surface area contributed by atoms with Gasteiger partial charge in [0.05, 0.1) is 14.2 Å². The minimum Gasteiger partial charge on any atom is -0.493 e. The fourth-order valence-corrected chi connectivity index (χ4v) is 3.22. The summed E-state index contributed by atoms with van der Waals surface area (Å²) in [7, 11) is 3.28. The molecule has 0 saturated heterocycles. The van der Waals surface area contributed by atoms with Crippen LogP contribution in [0.4, 0.5) is 0 Å². The second kappa shape index (κ2) is 9.24. The third-order valence-corrected chi connectivity index (χ3v) is 4.76. The topological polar surface area (TPSA) is 42.5 Å². The van der Waals surface area contributed by atoms with Crippen molar-refractivity contribution in [1.29, 1.82) is 0 Å². The number of hydrogen-bond acceptors (Lipinski definition) is 3. The van der Waals surface area contributed by atoms with Crippen molar-refractivity contribution < 1.29 is 9.47 Å². The minimum absolute atomic E-state index is 0.656. The Balaban J connectivity index is 1.50. The summed E-state index contributed by atoms with van der Waals surface area (Å²) in [5.41, 5.74) is 2.40. The van der Waals surface area contributed by atoms with Gasteiger partial charge in [0, 0.05) is 13.1 Å². The standard InChI is InChI=1S/C22H24N2O2S/c1-25-20-11-10-16(14-21(20)26-2)12-13-23-22(27)24-15-18-8-5-7-17-6-3-4-9-19(17)18/h3-11,14H,12-13,15H2,1-2H3,(H2,23,24,27). The van der Waals surface area contributed by atoms with Crippen LogP contribution in [0.1, 0.15) is 11.1 Å². The maximum Gasteiger partial charge on any atom is 0.166 e. The van der Waals surface area contributed by atoms with Gasteiger partial charge in [0.15, 0.2) is 16.6 Å². The van der Waals surface area contributed by atoms with Gasteiger partial charge in [-0.15, -0.1) is 0 Å². The minimum atomic E-state index is 0.656. The Morgan fingerprint density at radius 1 is 0.889 bits per heavy atom. The molecule has 0 saturated carbocycles. The molecule has 2 N–H and O–H groups in total. The Hall–Kier alpha value is -2.79. The largest absolute Gasteiger partial charge is 0.493 e. The summed E-state index contributed by atoms with van der Waals surface area (Å²) in [6.07, 6.45) is 0.844. The summed E-state index contributed by atoms with van der Waals surface area (Å²) < 4.78 is 10.6. The van der Waals surface area contributed by atoms with E-state index in [4.69, 9.17) is 21.7 Å². The van der Waals surface area contributed by atoms with E-state index in [1.807, 2.05) is 18.2 Å². The zero-order valence-electron chi connectivity index (χ0n) is 15.6. The first-order valence-corrected chi connectivity index (χ1v) is 9.31. The monoisotopic (exact) mass is 380 g/mol. The smallest absolute Gasteiger partial charge is 0.166 e. The molecule has 0 amide bonds. The molecule has 0 spiro atoms. The molecule has 0 aromatic heterocycles. The average Bonchev–Trinajstić information content (AvgIpc) is 2.72. The molecule has 5 heteroatoms. The SMILES string of the molecule is COc1ccc(CCNC(=S)NCc2cccc3ccccc23)cc1OC. The van der Waals surface area contributed by atoms with Crippen molar-refractivity contribution in [2.45, 2.75) is 13.0 Å². The number of nitrogens with one attached hydrogen (secondary N) is 2. The first-order chi connectivity index (χ1) is 13.2. The van der Waals surface area contributed by atoms with Gasteiger partial charge in [-0.1, -0.05) is 48.5 Å². The molecule has 4 nitrogen and oxygen atoms in total. The molecule has 0 aliphatic carbocycles. The van der Waals surface area contributed by atoms with E-state index in [2.05, 4.69) is 53.1 Å². The van der Waals surface area contributed by atoms with Crippen molar-refractivity contribution in [3.63, 3.8) is 0 Å². The van der Waals surface area contributed by atoms with Crippen LogP contribution in [0.5, 0.6) is 11.5 Å². The molecule has 3 aromatic rings. The van der Waals surface area contributed by atoms with Gasteiger partial charge >= 0.3 is 0 Å². The maximum absolute atomic E-state index is 5.41. The number of fused-ring (bicyclic) bond motifs is 1. The van der Waals surface area contributed by atoms with Crippen LogP contribution in [0.2, 0.25) is 0 Å². The first kappa shape index (κ1) is 19.0. The number of rotatable bonds is 7. The molecule has 0 aliphatic rings. The van der Waals surface area contributed by atoms with Gasteiger partial charge in [-0.3, -0.25) is 0 Å². The highest BCUT2D eigenvalue weighted by Gasteiger charge is 2.05. The molecular weight excluding hydrogens is 356 g/mol. The fraction of sp³-hybridized carbons (Fsp3) is 0.227. The molecule has 0 unspecified atom stereocenters. The van der Waals surface area contributed by atoms with Gasteiger partial charge in [-0.25, -0.2) is 0 Å². The lowest BCUT2D eigenvalue weighted by Crippen LogP contribution is -2.35. The summed E-state index contributed by atoms with van der Waals surface area (Å²) in [5.74, 6) is 1.48. The van der Waals surface area contributed by atoms with E-state index in [1.165, 1.54) is 16.3 Å². The fourth-order valence-electron chi connectivity index (χ4n) is 3.04. The molecule has 3 rings (SSSR count). The van der Waals surface area contributed by atoms with Crippen molar-refractivity contribution >= 4 is 28.1 Å². The normalized spacial score (nSPS) is 10.4. The number of methoxy groups -OCH3 is 2. The highest BCUT2D eigenvalue weighted by Crippen LogP contribution is 2.27. The van der Waals surface area contributed by atoms with Crippen molar-refractivity contribution in [1.82, 2.24) is 10.6 Å². The Morgan fingerprint density at radius 2 is 1.67 bits per heavy atom. The predicted molar refractivity (Wildman–Crippen MR) is 115 cm³/mol. The Labute approximate surface area is 165 Å². The van der Waals surface area contributed by atoms with Crippen LogP contribution in [0.25, 0.3) is 10.8 Å². The second-order valence-electron chi connectivity index (χ2n) is 6.19. The van der Waals surface area contributed by atoms with E-state index >= 15 is 0 Å². The van der Waals surface area contributed by atoms with Crippen LogP contribution in [-0.4, -0.2) is 25.9 Å². The molecule has 0 atom stereocenters. The molecule has 0 aliphatic heterocycles. The molecule has 0 heterocycles. The van der Waals surface area contributed by atoms with Crippen LogP contribution in [-0.2, 0) is 13.0 Å². The molecule has 27 heavy (non-hydrogen) atoms. The average molecular weight is 381 g/mol. The Bertz CT molecular complexity index is 922. The van der Waals surface area contributed by atoms with Crippen LogP contribution < -0.4 is 20.1 Å². The number of benzene rings is 3. The zero-order chi connectivity index (χ0) is 19.1. The number of ether oxygens (including phenoxy) is 2. The molecule has 0 fully saturated rings. The van der Waals surface area contributed by atoms with Gasteiger partial charge in [-0.05, 0) is 52.7 Å². The Morgan fingerprint density at radius 3 is 2.48 bits per heavy atom. The lowest BCUT2D eigenvalue weighted by atomic mass is 10.0. The summed E-state index contributed by atoms with van der Waals surface area (Å²) in [6.45, 7) is 1.44. The third kappa shape index (κ3) is 4.89. The van der Waals surface area contributed by atoms with Crippen LogP contribution in [0.3, 0.4) is 0 Å². The number of thiocarbonyl (C=S) groups is 1. The van der Waals surface area contributed by atoms with Crippen LogP contribution in [0.15, 0.2) is 60.7 Å². The van der Waals surface area contributed by atoms with Gasteiger partial charge in [0.1, 0.15) is 0 Å². The van der Waals surface area contributed by atoms with Gasteiger partial charge in [0.25, 0.3) is 0 Å². The molecular formula is C22H24N2O2S. The quantitative estimate of drug-likeness (QED) is 0.605. The van der Waals surface area contributed by atoms with Crippen molar-refractivity contribution in [3.05, 3.63) is 71.8 Å². The van der Waals surface area contributed by atoms with Gasteiger partial charge < -0.3 is 20.1 Å². The lowest BCUT2D eigenvalue weighted by Gasteiger charge is -2.13. The van der Waals surface area contributed by atoms with Crippen molar-refractivity contribution in [2.75, 3.05) is 20.8 Å². The van der Waals surface area contributed by atoms with E-state index in [0.29, 0.717) is 11.7 Å². The molecule has 3 aromatic carbocycles. The van der Waals surface area contributed by atoms with Crippen LogP contribution >= 0.6 is 12.2 Å². The van der Waals surface area contributed by atoms with E-state index < -0.39 is 0 Å². The summed E-state index contributed by atoms with van der Waals surface area (Å²) in [6, 6.07) is 20.7. The van der Waals surface area contributed by atoms with E-state index in [1.54, 1.807) is 14.2 Å². The van der Waals surface area contributed by atoms with E-state index in [9.17, 15) is 0 Å². The van der Waals surface area contributed by atoms with E-state index in [0.717, 1.165) is 30.0 Å². The first-order valence-electron chi connectivity index (χ1n) is 8.90. The van der Waals surface area contributed by atoms with Crippen molar-refractivity contribution in [2.24, 2.45) is 0 Å². The highest BCUT2D eigenvalue weighted by molar-refractivity contribution is 7.80. The molecule has 0 bridgehead atoms.